The third kappa shape index (κ3) is 14.6. The first-order valence-corrected chi connectivity index (χ1v) is 24.1. The van der Waals surface area contributed by atoms with Gasteiger partial charge >= 0.3 is 23.9 Å². The molecule has 0 radical (unpaired) electrons. The summed E-state index contributed by atoms with van der Waals surface area (Å²) in [6, 6.07) is 33.6. The Labute approximate surface area is 407 Å². The van der Waals surface area contributed by atoms with Gasteiger partial charge in [0.1, 0.15) is 23.0 Å². The van der Waals surface area contributed by atoms with E-state index in [2.05, 4.69) is 13.2 Å². The highest BCUT2D eigenvalue weighted by Crippen LogP contribution is 2.38. The number of hydrogen-bond acceptors (Lipinski definition) is 16. The number of aromatic nitrogens is 2. The molecular weight excluding hydrogens is 917 g/mol. The SMILES string of the molecule is C=CC(=O)OCCCCCCOc1ccc(C(=O)Oc2ccc(OC(=O)c3ccc(OCCCCCCOC(=O)C=C)cc3)c(C=NN(c3nc4ccccc4s3)c3nc4ccccc4s3)c2)cc1. The van der Waals surface area contributed by atoms with Crippen LogP contribution in [-0.4, -0.2) is 66.5 Å². The molecule has 0 saturated carbocycles. The lowest BCUT2D eigenvalue weighted by Gasteiger charge is -2.14. The van der Waals surface area contributed by atoms with Gasteiger partial charge in [0.05, 0.1) is 64.2 Å². The minimum atomic E-state index is -0.624. The molecule has 0 unspecified atom stereocenters. The summed E-state index contributed by atoms with van der Waals surface area (Å²) in [6.45, 7) is 8.49. The van der Waals surface area contributed by atoms with Crippen molar-refractivity contribution >= 4 is 83.5 Å². The average molecular weight is 967 g/mol. The molecule has 69 heavy (non-hydrogen) atoms. The molecule has 2 aromatic heterocycles. The van der Waals surface area contributed by atoms with Crippen LogP contribution in [0.25, 0.3) is 20.4 Å². The number of nitrogens with zero attached hydrogens (tertiary/aromatic N) is 4. The van der Waals surface area contributed by atoms with Crippen molar-refractivity contribution in [3.8, 4) is 23.0 Å². The predicted octanol–water partition coefficient (Wildman–Crippen LogP) is 11.9. The molecule has 354 valence electrons. The van der Waals surface area contributed by atoms with E-state index in [-0.39, 0.29) is 17.1 Å². The van der Waals surface area contributed by atoms with E-state index in [1.165, 1.54) is 28.9 Å². The fourth-order valence-electron chi connectivity index (χ4n) is 6.64. The van der Waals surface area contributed by atoms with Crippen molar-refractivity contribution in [1.29, 1.82) is 0 Å². The van der Waals surface area contributed by atoms with E-state index in [0.29, 0.717) is 59.3 Å². The van der Waals surface area contributed by atoms with Crippen LogP contribution in [0.4, 0.5) is 10.3 Å². The van der Waals surface area contributed by atoms with Crippen molar-refractivity contribution in [2.75, 3.05) is 31.4 Å². The maximum atomic E-state index is 13.7. The van der Waals surface area contributed by atoms with Gasteiger partial charge in [0.15, 0.2) is 0 Å². The van der Waals surface area contributed by atoms with Gasteiger partial charge in [0, 0.05) is 17.7 Å². The normalized spacial score (nSPS) is 11.0. The van der Waals surface area contributed by atoms with Crippen LogP contribution in [0, 0.1) is 0 Å². The zero-order chi connectivity index (χ0) is 48.2. The summed E-state index contributed by atoms with van der Waals surface area (Å²) in [5.41, 5.74) is 2.53. The lowest BCUT2D eigenvalue weighted by Crippen LogP contribution is -2.12. The molecule has 0 aliphatic rings. The number of ether oxygens (including phenoxy) is 6. The van der Waals surface area contributed by atoms with Gasteiger partial charge in [-0.25, -0.2) is 29.1 Å². The molecule has 16 heteroatoms. The van der Waals surface area contributed by atoms with Crippen LogP contribution in [-0.2, 0) is 19.1 Å². The van der Waals surface area contributed by atoms with Crippen LogP contribution in [0.5, 0.6) is 23.0 Å². The van der Waals surface area contributed by atoms with Crippen molar-refractivity contribution in [2.24, 2.45) is 5.10 Å². The highest BCUT2D eigenvalue weighted by Gasteiger charge is 2.20. The number of hydrazone groups is 1. The molecule has 0 aliphatic carbocycles. The van der Waals surface area contributed by atoms with Gasteiger partial charge in [0.25, 0.3) is 0 Å². The lowest BCUT2D eigenvalue weighted by molar-refractivity contribution is -0.138. The van der Waals surface area contributed by atoms with Crippen LogP contribution in [0.2, 0.25) is 0 Å². The third-order valence-corrected chi connectivity index (χ3v) is 12.3. The zero-order valence-corrected chi connectivity index (χ0v) is 39.4. The van der Waals surface area contributed by atoms with Crippen LogP contribution < -0.4 is 24.0 Å². The van der Waals surface area contributed by atoms with Crippen molar-refractivity contribution in [2.45, 2.75) is 51.4 Å². The number of fused-ring (bicyclic) bond motifs is 2. The fraction of sp³-hybridized carbons (Fsp3) is 0.226. The van der Waals surface area contributed by atoms with Crippen LogP contribution in [0.3, 0.4) is 0 Å². The molecule has 14 nitrogen and oxygen atoms in total. The maximum absolute atomic E-state index is 13.7. The molecule has 0 fully saturated rings. The van der Waals surface area contributed by atoms with E-state index in [4.69, 9.17) is 43.5 Å². The van der Waals surface area contributed by atoms with E-state index >= 15 is 0 Å². The Morgan fingerprint density at radius 3 is 1.46 bits per heavy atom. The summed E-state index contributed by atoms with van der Waals surface area (Å²) < 4.78 is 35.5. The maximum Gasteiger partial charge on any atom is 0.343 e. The number of unbranched alkanes of at least 4 members (excludes halogenated alkanes) is 6. The fourth-order valence-corrected chi connectivity index (χ4v) is 8.55. The van der Waals surface area contributed by atoms with E-state index in [9.17, 15) is 19.2 Å². The molecule has 0 atom stereocenters. The number of thiazole rings is 2. The summed E-state index contributed by atoms with van der Waals surface area (Å²) in [5.74, 6) is -0.512. The number of hydrogen-bond donors (Lipinski definition) is 0. The zero-order valence-electron chi connectivity index (χ0n) is 37.8. The standard InChI is InChI=1S/C53H50N4O10S2/c1-3-48(58)64-33-15-7-5-13-31-62-40-25-21-37(22-26-40)50(60)66-42-29-30-45(67-51(61)38-23-27-41(28-24-38)63-32-14-6-8-16-34-65-49(59)4-2)39(35-42)36-54-57(52-55-43-17-9-11-19-46(43)68-52)53-56-44-18-10-12-20-47(44)69-53/h3-4,9-12,17-30,35-36H,1-2,5-8,13-16,31-34H2. The molecule has 0 bridgehead atoms. The Balaban J connectivity index is 1.04. The smallest absolute Gasteiger partial charge is 0.343 e. The molecule has 0 N–H and O–H groups in total. The Hall–Kier alpha value is -7.69. The Morgan fingerprint density at radius 2 is 0.986 bits per heavy atom. The molecular formula is C53H50N4O10S2. The summed E-state index contributed by atoms with van der Waals surface area (Å²) in [7, 11) is 0. The molecule has 0 spiro atoms. The number of para-hydroxylation sites is 2. The van der Waals surface area contributed by atoms with E-state index in [1.807, 2.05) is 48.5 Å². The molecule has 0 aliphatic heterocycles. The van der Waals surface area contributed by atoms with Gasteiger partial charge in [0.2, 0.25) is 10.3 Å². The van der Waals surface area contributed by atoms with E-state index in [0.717, 1.165) is 84.0 Å². The number of esters is 4. The summed E-state index contributed by atoms with van der Waals surface area (Å²) in [5, 5.41) is 7.67. The summed E-state index contributed by atoms with van der Waals surface area (Å²) >= 11 is 2.90. The number of carbonyl (C=O) groups excluding carboxylic acids is 4. The van der Waals surface area contributed by atoms with Crippen LogP contribution in [0.1, 0.15) is 77.6 Å². The molecule has 5 aromatic carbocycles. The molecule has 0 saturated heterocycles. The highest BCUT2D eigenvalue weighted by molar-refractivity contribution is 7.24. The van der Waals surface area contributed by atoms with Gasteiger partial charge in [-0.05, 0) is 142 Å². The molecule has 2 heterocycles. The minimum Gasteiger partial charge on any atom is -0.494 e. The number of rotatable bonds is 26. The van der Waals surface area contributed by atoms with Gasteiger partial charge in [-0.2, -0.15) is 10.1 Å². The van der Waals surface area contributed by atoms with Crippen LogP contribution >= 0.6 is 22.7 Å². The summed E-state index contributed by atoms with van der Waals surface area (Å²) in [4.78, 5) is 59.2. The second kappa shape index (κ2) is 25.4. The quantitative estimate of drug-likeness (QED) is 0.0126. The Bertz CT molecular complexity index is 2750. The molecule has 7 rings (SSSR count). The van der Waals surface area contributed by atoms with Gasteiger partial charge in [-0.1, -0.05) is 60.1 Å². The van der Waals surface area contributed by atoms with Gasteiger partial charge in [-0.3, -0.25) is 0 Å². The molecule has 7 aromatic rings. The second-order valence-electron chi connectivity index (χ2n) is 15.3. The number of anilines is 2. The minimum absolute atomic E-state index is 0.161. The van der Waals surface area contributed by atoms with Gasteiger partial charge in [-0.15, -0.1) is 0 Å². The number of benzene rings is 5. The van der Waals surface area contributed by atoms with Crippen molar-refractivity contribution in [3.05, 3.63) is 157 Å². The van der Waals surface area contributed by atoms with Crippen molar-refractivity contribution in [3.63, 3.8) is 0 Å². The third-order valence-electron chi connectivity index (χ3n) is 10.3. The first-order valence-electron chi connectivity index (χ1n) is 22.4. The Kier molecular flexibility index (Phi) is 18.2. The average Bonchev–Trinajstić information content (AvgIpc) is 4.01. The van der Waals surface area contributed by atoms with Gasteiger partial charge < -0.3 is 28.4 Å². The molecule has 0 amide bonds. The monoisotopic (exact) mass is 966 g/mol. The predicted molar refractivity (Wildman–Crippen MR) is 268 cm³/mol. The van der Waals surface area contributed by atoms with E-state index < -0.39 is 23.9 Å². The summed E-state index contributed by atoms with van der Waals surface area (Å²) in [6.07, 6.45) is 10.6. The van der Waals surface area contributed by atoms with Crippen molar-refractivity contribution in [1.82, 2.24) is 9.97 Å². The number of carbonyl (C=O) groups is 4. The lowest BCUT2D eigenvalue weighted by atomic mass is 10.2. The van der Waals surface area contributed by atoms with E-state index in [1.54, 1.807) is 71.7 Å². The Morgan fingerprint density at radius 1 is 0.536 bits per heavy atom. The largest absolute Gasteiger partial charge is 0.494 e. The first-order chi connectivity index (χ1) is 33.8. The van der Waals surface area contributed by atoms with Crippen LogP contribution in [0.15, 0.2) is 146 Å². The second-order valence-corrected chi connectivity index (χ2v) is 17.3. The topological polar surface area (TPSA) is 165 Å². The highest BCUT2D eigenvalue weighted by atomic mass is 32.1. The van der Waals surface area contributed by atoms with Crippen molar-refractivity contribution < 1.29 is 47.6 Å². The first kappa shape index (κ1) is 49.2.